The molecule has 0 spiro atoms. The quantitative estimate of drug-likeness (QED) is 0.495. The average molecular weight is 508 g/mol. The summed E-state index contributed by atoms with van der Waals surface area (Å²) in [5, 5.41) is 0. The van der Waals surface area contributed by atoms with E-state index >= 15 is 0 Å². The number of carbonyl (C=O) groups excluding carboxylic acids is 2. The van der Waals surface area contributed by atoms with Crippen molar-refractivity contribution in [2.24, 2.45) is 5.73 Å². The topological polar surface area (TPSA) is 66.6 Å². The summed E-state index contributed by atoms with van der Waals surface area (Å²) in [6, 6.07) is 4.37. The van der Waals surface area contributed by atoms with Crippen molar-refractivity contribution in [2.45, 2.75) is 18.3 Å². The standard InChI is InChI=1S/C19H18BrF4N3O2S/c20-16-4-3-15(30-16)17(14(25)10-28)26-5-7-27(8-6-26)18(29)12-9-11(21)1-2-13(12)19(22,23)24/h1-4,9-10,14,17H,5-8,25H2. The molecule has 3 rings (SSSR count). The maximum atomic E-state index is 13.6. The molecule has 162 valence electrons. The van der Waals surface area contributed by atoms with E-state index in [0.29, 0.717) is 37.6 Å². The van der Waals surface area contributed by atoms with Crippen LogP contribution in [0.15, 0.2) is 34.1 Å². The summed E-state index contributed by atoms with van der Waals surface area (Å²) >= 11 is 4.81. The maximum Gasteiger partial charge on any atom is 0.417 e. The van der Waals surface area contributed by atoms with Gasteiger partial charge in [-0.1, -0.05) is 0 Å². The predicted molar refractivity (Wildman–Crippen MR) is 108 cm³/mol. The van der Waals surface area contributed by atoms with Crippen LogP contribution in [0.25, 0.3) is 0 Å². The summed E-state index contributed by atoms with van der Waals surface area (Å²) in [7, 11) is 0. The number of rotatable bonds is 5. The third-order valence-electron chi connectivity index (χ3n) is 4.92. The Kier molecular flexibility index (Phi) is 6.95. The molecule has 30 heavy (non-hydrogen) atoms. The van der Waals surface area contributed by atoms with Crippen LogP contribution >= 0.6 is 27.3 Å². The van der Waals surface area contributed by atoms with Gasteiger partial charge in [0.2, 0.25) is 0 Å². The first-order chi connectivity index (χ1) is 14.1. The molecule has 2 aromatic rings. The van der Waals surface area contributed by atoms with E-state index in [1.165, 1.54) is 16.2 Å². The Labute approximate surface area is 182 Å². The Morgan fingerprint density at radius 1 is 1.17 bits per heavy atom. The smallest absolute Gasteiger partial charge is 0.336 e. The Morgan fingerprint density at radius 3 is 2.37 bits per heavy atom. The molecular formula is C19H18BrF4N3O2S. The second kappa shape index (κ2) is 9.13. The largest absolute Gasteiger partial charge is 0.417 e. The highest BCUT2D eigenvalue weighted by Crippen LogP contribution is 2.35. The molecule has 1 aromatic carbocycles. The fourth-order valence-electron chi connectivity index (χ4n) is 3.49. The van der Waals surface area contributed by atoms with Crippen molar-refractivity contribution in [1.82, 2.24) is 9.80 Å². The Hall–Kier alpha value is -1.82. The fraction of sp³-hybridized carbons (Fsp3) is 0.368. The lowest BCUT2D eigenvalue weighted by Crippen LogP contribution is -2.53. The van der Waals surface area contributed by atoms with Crippen LogP contribution in [-0.2, 0) is 11.0 Å². The van der Waals surface area contributed by atoms with Crippen molar-refractivity contribution in [3.8, 4) is 0 Å². The molecule has 11 heteroatoms. The molecule has 0 saturated carbocycles. The molecule has 2 heterocycles. The monoisotopic (exact) mass is 507 g/mol. The third kappa shape index (κ3) is 4.90. The second-order valence-electron chi connectivity index (χ2n) is 6.82. The molecule has 1 saturated heterocycles. The number of carbonyl (C=O) groups is 2. The van der Waals surface area contributed by atoms with Crippen molar-refractivity contribution >= 4 is 39.5 Å². The fourth-order valence-corrected chi connectivity index (χ4v) is 5.11. The van der Waals surface area contributed by atoms with Crippen LogP contribution in [0, 0.1) is 5.82 Å². The van der Waals surface area contributed by atoms with Crippen LogP contribution in [0.2, 0.25) is 0 Å². The first kappa shape index (κ1) is 22.9. The number of thiophene rings is 1. The van der Waals surface area contributed by atoms with E-state index in [9.17, 15) is 27.2 Å². The average Bonchev–Trinajstić information content (AvgIpc) is 3.12. The minimum atomic E-state index is -4.77. The van der Waals surface area contributed by atoms with E-state index in [0.717, 1.165) is 8.66 Å². The normalized spacial score (nSPS) is 17.6. The van der Waals surface area contributed by atoms with Gasteiger partial charge in [-0.15, -0.1) is 11.3 Å². The summed E-state index contributed by atoms with van der Waals surface area (Å²) in [6.07, 6.45) is -4.12. The zero-order chi connectivity index (χ0) is 22.1. The molecule has 0 bridgehead atoms. The zero-order valence-electron chi connectivity index (χ0n) is 15.5. The van der Waals surface area contributed by atoms with E-state index < -0.39 is 41.1 Å². The number of aldehydes is 1. The Morgan fingerprint density at radius 2 is 1.83 bits per heavy atom. The van der Waals surface area contributed by atoms with Gasteiger partial charge in [0.05, 0.1) is 27.0 Å². The highest BCUT2D eigenvalue weighted by atomic mass is 79.9. The van der Waals surface area contributed by atoms with Gasteiger partial charge in [0.25, 0.3) is 5.91 Å². The van der Waals surface area contributed by atoms with Gasteiger partial charge in [0.15, 0.2) is 0 Å². The molecule has 2 N–H and O–H groups in total. The van der Waals surface area contributed by atoms with Gasteiger partial charge >= 0.3 is 6.18 Å². The number of hydrogen-bond acceptors (Lipinski definition) is 5. The van der Waals surface area contributed by atoms with Crippen molar-refractivity contribution in [3.63, 3.8) is 0 Å². The summed E-state index contributed by atoms with van der Waals surface area (Å²) in [5.41, 5.74) is 4.12. The lowest BCUT2D eigenvalue weighted by molar-refractivity contribution is -0.138. The Balaban J connectivity index is 1.77. The first-order valence-corrected chi connectivity index (χ1v) is 10.6. The molecule has 1 aliphatic heterocycles. The van der Waals surface area contributed by atoms with Crippen LogP contribution in [0.1, 0.15) is 26.8 Å². The second-order valence-corrected chi connectivity index (χ2v) is 9.31. The predicted octanol–water partition coefficient (Wildman–Crippen LogP) is 3.69. The molecule has 1 amide bonds. The summed E-state index contributed by atoms with van der Waals surface area (Å²) in [5.74, 6) is -1.79. The summed E-state index contributed by atoms with van der Waals surface area (Å²) in [6.45, 7) is 0.872. The SMILES string of the molecule is NC(C=O)C(c1ccc(Br)s1)N1CCN(C(=O)c2cc(F)ccc2C(F)(F)F)CC1. The van der Waals surface area contributed by atoms with Crippen LogP contribution in [0.5, 0.6) is 0 Å². The van der Waals surface area contributed by atoms with E-state index in [1.54, 1.807) is 0 Å². The summed E-state index contributed by atoms with van der Waals surface area (Å²) in [4.78, 5) is 28.1. The molecule has 2 unspecified atom stereocenters. The van der Waals surface area contributed by atoms with Gasteiger partial charge in [-0.05, 0) is 46.3 Å². The van der Waals surface area contributed by atoms with Crippen LogP contribution in [-0.4, -0.2) is 54.2 Å². The first-order valence-electron chi connectivity index (χ1n) is 8.98. The lowest BCUT2D eigenvalue weighted by atomic mass is 10.0. The number of benzene rings is 1. The van der Waals surface area contributed by atoms with Crippen molar-refractivity contribution in [1.29, 1.82) is 0 Å². The number of hydrogen-bond donors (Lipinski definition) is 1. The third-order valence-corrected chi connectivity index (χ3v) is 6.61. The number of nitrogens with zero attached hydrogens (tertiary/aromatic N) is 2. The molecular weight excluding hydrogens is 490 g/mol. The minimum Gasteiger partial charge on any atom is -0.336 e. The van der Waals surface area contributed by atoms with Crippen molar-refractivity contribution in [3.05, 3.63) is 55.9 Å². The van der Waals surface area contributed by atoms with Crippen LogP contribution in [0.3, 0.4) is 0 Å². The van der Waals surface area contributed by atoms with E-state index in [1.807, 2.05) is 17.0 Å². The molecule has 2 atom stereocenters. The number of nitrogens with two attached hydrogens (primary N) is 1. The van der Waals surface area contributed by atoms with Gasteiger partial charge in [-0.3, -0.25) is 9.69 Å². The van der Waals surface area contributed by atoms with Gasteiger partial charge in [-0.2, -0.15) is 13.2 Å². The van der Waals surface area contributed by atoms with Gasteiger partial charge in [0, 0.05) is 31.1 Å². The number of halogens is 5. The van der Waals surface area contributed by atoms with Crippen LogP contribution < -0.4 is 5.73 Å². The minimum absolute atomic E-state index is 0.126. The van der Waals surface area contributed by atoms with Crippen molar-refractivity contribution in [2.75, 3.05) is 26.2 Å². The lowest BCUT2D eigenvalue weighted by Gasteiger charge is -2.40. The highest BCUT2D eigenvalue weighted by molar-refractivity contribution is 9.11. The number of alkyl halides is 3. The molecule has 1 aliphatic rings. The van der Waals surface area contributed by atoms with E-state index in [-0.39, 0.29) is 13.1 Å². The molecule has 0 aliphatic carbocycles. The maximum absolute atomic E-state index is 13.6. The van der Waals surface area contributed by atoms with E-state index in [4.69, 9.17) is 5.73 Å². The molecule has 1 aromatic heterocycles. The molecule has 1 fully saturated rings. The zero-order valence-corrected chi connectivity index (χ0v) is 17.9. The summed E-state index contributed by atoms with van der Waals surface area (Å²) < 4.78 is 54.2. The number of piperazine rings is 1. The van der Waals surface area contributed by atoms with Gasteiger partial charge < -0.3 is 15.4 Å². The molecule has 5 nitrogen and oxygen atoms in total. The van der Waals surface area contributed by atoms with Gasteiger partial charge in [0.1, 0.15) is 12.1 Å². The number of amides is 1. The van der Waals surface area contributed by atoms with Crippen LogP contribution in [0.4, 0.5) is 17.6 Å². The molecule has 0 radical (unpaired) electrons. The van der Waals surface area contributed by atoms with Gasteiger partial charge in [-0.25, -0.2) is 4.39 Å². The van der Waals surface area contributed by atoms with E-state index in [2.05, 4.69) is 15.9 Å². The highest BCUT2D eigenvalue weighted by Gasteiger charge is 2.38. The Bertz CT molecular complexity index is 929. The van der Waals surface area contributed by atoms with Crippen molar-refractivity contribution < 1.29 is 27.2 Å².